The molecule has 0 saturated heterocycles. The number of fused-ring (bicyclic) bond motifs is 1. The Kier molecular flexibility index (Phi) is 9.02. The second kappa shape index (κ2) is 12.2. The van der Waals surface area contributed by atoms with Crippen LogP contribution in [0.5, 0.6) is 0 Å². The van der Waals surface area contributed by atoms with E-state index in [2.05, 4.69) is 12.1 Å². The van der Waals surface area contributed by atoms with Crippen molar-refractivity contribution in [2.45, 2.75) is 64.8 Å². The molecule has 202 valence electrons. The van der Waals surface area contributed by atoms with E-state index in [4.69, 9.17) is 9.40 Å². The molecule has 9 heteroatoms. The predicted octanol–water partition coefficient (Wildman–Crippen LogP) is 6.94. The van der Waals surface area contributed by atoms with Crippen molar-refractivity contribution in [3.8, 4) is 0 Å². The second-order valence-electron chi connectivity index (χ2n) is 9.53. The molecule has 0 radical (unpaired) electrons. The molecule has 0 spiro atoms. The number of unbranched alkanes of at least 4 members (excludes halogenated alkanes) is 2. The summed E-state index contributed by atoms with van der Waals surface area (Å²) in [7, 11) is -3.64. The first-order chi connectivity index (χ1) is 18.2. The summed E-state index contributed by atoms with van der Waals surface area (Å²) in [5, 5.41) is 0.567. The molecular formula is C29H35N3O4S2. The first-order valence-electron chi connectivity index (χ1n) is 13.1. The van der Waals surface area contributed by atoms with E-state index in [1.165, 1.54) is 23.5 Å². The van der Waals surface area contributed by atoms with Crippen molar-refractivity contribution in [2.75, 3.05) is 18.0 Å². The van der Waals surface area contributed by atoms with Crippen molar-refractivity contribution in [1.29, 1.82) is 0 Å². The Morgan fingerprint density at radius 2 is 1.68 bits per heavy atom. The van der Waals surface area contributed by atoms with Gasteiger partial charge in [-0.05, 0) is 80.3 Å². The van der Waals surface area contributed by atoms with E-state index >= 15 is 0 Å². The standard InChI is InChI=1S/C29H35N3O4S2/c1-5-7-15-31(16-8-6-2)38(34,35)25-13-11-23(12-14-25)28(33)32(20-24-10-9-17-36-24)29-30-27-22(4)18-21(3)19-26(27)37-29/h9-14,17-19H,5-8,15-16,20H2,1-4H3. The molecule has 2 heterocycles. The number of anilines is 1. The summed E-state index contributed by atoms with van der Waals surface area (Å²) in [5.74, 6) is 0.361. The Bertz CT molecular complexity index is 1470. The molecule has 4 rings (SSSR count). The van der Waals surface area contributed by atoms with Gasteiger partial charge in [0.05, 0.1) is 27.9 Å². The third-order valence-electron chi connectivity index (χ3n) is 6.45. The van der Waals surface area contributed by atoms with E-state index in [-0.39, 0.29) is 17.3 Å². The Balaban J connectivity index is 1.65. The molecule has 0 aliphatic rings. The van der Waals surface area contributed by atoms with Gasteiger partial charge in [0.1, 0.15) is 5.76 Å². The van der Waals surface area contributed by atoms with Crippen LogP contribution in [-0.4, -0.2) is 36.7 Å². The van der Waals surface area contributed by atoms with E-state index in [1.54, 1.807) is 33.7 Å². The van der Waals surface area contributed by atoms with Crippen LogP contribution in [0.3, 0.4) is 0 Å². The molecule has 7 nitrogen and oxygen atoms in total. The first kappa shape index (κ1) is 28.0. The van der Waals surface area contributed by atoms with Gasteiger partial charge in [-0.15, -0.1) is 0 Å². The molecule has 0 aliphatic carbocycles. The third-order valence-corrected chi connectivity index (χ3v) is 9.39. The summed E-state index contributed by atoms with van der Waals surface area (Å²) in [6.07, 6.45) is 5.03. The van der Waals surface area contributed by atoms with Gasteiger partial charge in [0, 0.05) is 18.7 Å². The fourth-order valence-corrected chi connectivity index (χ4v) is 7.01. The van der Waals surface area contributed by atoms with Gasteiger partial charge in [-0.25, -0.2) is 13.4 Å². The number of aromatic nitrogens is 1. The van der Waals surface area contributed by atoms with E-state index in [1.807, 2.05) is 33.8 Å². The number of benzene rings is 2. The minimum atomic E-state index is -3.64. The number of sulfonamides is 1. The molecule has 0 aliphatic heterocycles. The second-order valence-corrected chi connectivity index (χ2v) is 12.5. The summed E-state index contributed by atoms with van der Waals surface area (Å²) in [4.78, 5) is 20.4. The van der Waals surface area contributed by atoms with Crippen LogP contribution in [-0.2, 0) is 16.6 Å². The molecule has 0 unspecified atom stereocenters. The fourth-order valence-electron chi connectivity index (χ4n) is 4.35. The van der Waals surface area contributed by atoms with Crippen molar-refractivity contribution < 1.29 is 17.6 Å². The first-order valence-corrected chi connectivity index (χ1v) is 15.3. The SMILES string of the molecule is CCCCN(CCCC)S(=O)(=O)c1ccc(C(=O)N(Cc2ccco2)c2nc3c(C)cc(C)cc3s2)cc1. The Labute approximate surface area is 229 Å². The summed E-state index contributed by atoms with van der Waals surface area (Å²) < 4.78 is 34.8. The number of hydrogen-bond donors (Lipinski definition) is 0. The van der Waals surface area contributed by atoms with Gasteiger partial charge < -0.3 is 4.42 Å². The molecule has 38 heavy (non-hydrogen) atoms. The lowest BCUT2D eigenvalue weighted by atomic mass is 10.1. The Hall–Kier alpha value is -3.01. The van der Waals surface area contributed by atoms with Crippen molar-refractivity contribution in [3.63, 3.8) is 0 Å². The maximum absolute atomic E-state index is 13.8. The minimum Gasteiger partial charge on any atom is -0.467 e. The number of carbonyl (C=O) groups excluding carboxylic acids is 1. The lowest BCUT2D eigenvalue weighted by Gasteiger charge is -2.22. The maximum atomic E-state index is 13.8. The number of rotatable bonds is 12. The van der Waals surface area contributed by atoms with Crippen LogP contribution < -0.4 is 4.90 Å². The van der Waals surface area contributed by atoms with Crippen molar-refractivity contribution >= 4 is 42.6 Å². The smallest absolute Gasteiger partial charge is 0.260 e. The monoisotopic (exact) mass is 553 g/mol. The van der Waals surface area contributed by atoms with Crippen LogP contribution in [0.2, 0.25) is 0 Å². The average molecular weight is 554 g/mol. The third kappa shape index (κ3) is 6.17. The van der Waals surface area contributed by atoms with Crippen LogP contribution in [0.15, 0.2) is 64.1 Å². The molecular weight excluding hydrogens is 518 g/mol. The highest BCUT2D eigenvalue weighted by atomic mass is 32.2. The summed E-state index contributed by atoms with van der Waals surface area (Å²) >= 11 is 1.45. The predicted molar refractivity (Wildman–Crippen MR) is 153 cm³/mol. The fraction of sp³-hybridized carbons (Fsp3) is 0.379. The van der Waals surface area contributed by atoms with Crippen LogP contribution in [0, 0.1) is 13.8 Å². The Morgan fingerprint density at radius 3 is 2.29 bits per heavy atom. The van der Waals surface area contributed by atoms with Gasteiger partial charge >= 0.3 is 0 Å². The lowest BCUT2D eigenvalue weighted by Crippen LogP contribution is -2.33. The largest absolute Gasteiger partial charge is 0.467 e. The molecule has 2 aromatic heterocycles. The van der Waals surface area contributed by atoms with Crippen molar-refractivity contribution in [2.24, 2.45) is 0 Å². The molecule has 0 saturated carbocycles. The van der Waals surface area contributed by atoms with E-state index in [0.29, 0.717) is 29.5 Å². The minimum absolute atomic E-state index is 0.199. The van der Waals surface area contributed by atoms with Crippen LogP contribution in [0.4, 0.5) is 5.13 Å². The molecule has 0 fully saturated rings. The van der Waals surface area contributed by atoms with Gasteiger partial charge in [0.15, 0.2) is 5.13 Å². The number of thiazole rings is 1. The van der Waals surface area contributed by atoms with Crippen LogP contribution in [0.1, 0.15) is 66.8 Å². The molecule has 2 aromatic carbocycles. The van der Waals surface area contributed by atoms with Gasteiger partial charge in [-0.1, -0.05) is 44.1 Å². The molecule has 1 amide bonds. The van der Waals surface area contributed by atoms with E-state index in [9.17, 15) is 13.2 Å². The highest BCUT2D eigenvalue weighted by Crippen LogP contribution is 2.33. The number of furan rings is 1. The number of nitrogens with zero attached hydrogens (tertiary/aromatic N) is 3. The number of carbonyl (C=O) groups is 1. The van der Waals surface area contributed by atoms with Gasteiger partial charge in [0.25, 0.3) is 5.91 Å². The van der Waals surface area contributed by atoms with Crippen molar-refractivity contribution in [3.05, 3.63) is 77.2 Å². The summed E-state index contributed by atoms with van der Waals surface area (Å²) in [5.41, 5.74) is 3.45. The summed E-state index contributed by atoms with van der Waals surface area (Å²) in [6, 6.07) is 14.0. The zero-order valence-electron chi connectivity index (χ0n) is 22.4. The van der Waals surface area contributed by atoms with Crippen molar-refractivity contribution in [1.82, 2.24) is 9.29 Å². The lowest BCUT2D eigenvalue weighted by molar-refractivity contribution is 0.0983. The van der Waals surface area contributed by atoms with Gasteiger partial charge in [-0.2, -0.15) is 4.31 Å². The highest BCUT2D eigenvalue weighted by molar-refractivity contribution is 7.89. The molecule has 4 aromatic rings. The van der Waals surface area contributed by atoms with Gasteiger partial charge in [0.2, 0.25) is 10.0 Å². The van der Waals surface area contributed by atoms with E-state index in [0.717, 1.165) is 47.0 Å². The topological polar surface area (TPSA) is 83.7 Å². The zero-order valence-corrected chi connectivity index (χ0v) is 24.1. The van der Waals surface area contributed by atoms with Crippen LogP contribution in [0.25, 0.3) is 10.2 Å². The summed E-state index contributed by atoms with van der Waals surface area (Å²) in [6.45, 7) is 9.35. The molecule has 0 bridgehead atoms. The quantitative estimate of drug-likeness (QED) is 0.190. The number of hydrogen-bond acceptors (Lipinski definition) is 6. The highest BCUT2D eigenvalue weighted by Gasteiger charge is 2.26. The molecule has 0 atom stereocenters. The number of amides is 1. The Morgan fingerprint density at radius 1 is 1.00 bits per heavy atom. The van der Waals surface area contributed by atoms with Crippen LogP contribution >= 0.6 is 11.3 Å². The molecule has 0 N–H and O–H groups in total. The average Bonchev–Trinajstić information content (AvgIpc) is 3.57. The zero-order chi connectivity index (χ0) is 27.3. The normalized spacial score (nSPS) is 11.9. The number of aryl methyl sites for hydroxylation is 2. The van der Waals surface area contributed by atoms with Gasteiger partial charge in [-0.3, -0.25) is 9.69 Å². The van der Waals surface area contributed by atoms with E-state index < -0.39 is 10.0 Å². The maximum Gasteiger partial charge on any atom is 0.260 e.